The van der Waals surface area contributed by atoms with Gasteiger partial charge < -0.3 is 9.47 Å². The Labute approximate surface area is 124 Å². The summed E-state index contributed by atoms with van der Waals surface area (Å²) in [5.41, 5.74) is 0.790. The van der Waals surface area contributed by atoms with Crippen LogP contribution >= 0.6 is 11.6 Å². The summed E-state index contributed by atoms with van der Waals surface area (Å²) in [6, 6.07) is 7.54. The third-order valence-electron chi connectivity index (χ3n) is 4.28. The van der Waals surface area contributed by atoms with E-state index in [2.05, 4.69) is 0 Å². The summed E-state index contributed by atoms with van der Waals surface area (Å²) in [4.78, 5) is 12.5. The lowest BCUT2D eigenvalue weighted by Gasteiger charge is -2.36. The van der Waals surface area contributed by atoms with Gasteiger partial charge in [-0.15, -0.1) is 0 Å². The predicted octanol–water partition coefficient (Wildman–Crippen LogP) is 3.04. The molecule has 0 saturated carbocycles. The summed E-state index contributed by atoms with van der Waals surface area (Å²) in [6.45, 7) is 2.04. The maximum Gasteiger partial charge on any atom is 0.140 e. The molecule has 1 aromatic rings. The van der Waals surface area contributed by atoms with Crippen molar-refractivity contribution in [2.45, 2.75) is 31.3 Å². The van der Waals surface area contributed by atoms with Crippen LogP contribution in [-0.2, 0) is 20.7 Å². The van der Waals surface area contributed by atoms with Crippen LogP contribution < -0.4 is 0 Å². The van der Waals surface area contributed by atoms with Crippen molar-refractivity contribution in [1.82, 2.24) is 0 Å². The Kier molecular flexibility index (Phi) is 4.11. The molecular formula is C16H19ClO3. The van der Waals surface area contributed by atoms with Gasteiger partial charge in [0.15, 0.2) is 0 Å². The molecule has 3 nitrogen and oxygen atoms in total. The van der Waals surface area contributed by atoms with Crippen LogP contribution in [0.1, 0.15) is 24.8 Å². The average molecular weight is 295 g/mol. The highest BCUT2D eigenvalue weighted by molar-refractivity contribution is 6.30. The average Bonchev–Trinajstić information content (AvgIpc) is 2.87. The van der Waals surface area contributed by atoms with Crippen molar-refractivity contribution < 1.29 is 14.3 Å². The largest absolute Gasteiger partial charge is 0.378 e. The molecule has 0 N–H and O–H groups in total. The molecule has 2 unspecified atom stereocenters. The fourth-order valence-corrected chi connectivity index (χ4v) is 3.37. The molecule has 0 radical (unpaired) electrons. The van der Waals surface area contributed by atoms with Crippen LogP contribution in [0.2, 0.25) is 5.02 Å². The fraction of sp³-hybridized carbons (Fsp3) is 0.562. The Bertz CT molecular complexity index is 494. The van der Waals surface area contributed by atoms with Gasteiger partial charge in [-0.25, -0.2) is 0 Å². The highest BCUT2D eigenvalue weighted by Gasteiger charge is 2.42. The molecule has 1 aromatic carbocycles. The van der Waals surface area contributed by atoms with E-state index in [1.807, 2.05) is 24.3 Å². The molecule has 2 heterocycles. The minimum absolute atomic E-state index is 0.0874. The monoisotopic (exact) mass is 294 g/mol. The van der Waals surface area contributed by atoms with E-state index in [0.717, 1.165) is 31.4 Å². The van der Waals surface area contributed by atoms with Crippen molar-refractivity contribution in [2.75, 3.05) is 19.8 Å². The second-order valence-corrected chi connectivity index (χ2v) is 6.23. The first kappa shape index (κ1) is 14.1. The van der Waals surface area contributed by atoms with Crippen molar-refractivity contribution in [2.24, 2.45) is 5.92 Å². The maximum absolute atomic E-state index is 12.5. The van der Waals surface area contributed by atoms with Crippen LogP contribution in [0.5, 0.6) is 0 Å². The molecular weight excluding hydrogens is 276 g/mol. The number of hydrogen-bond donors (Lipinski definition) is 0. The number of Topliss-reactive ketones (excluding diaryl/α,β-unsaturated/α-hetero) is 1. The molecule has 3 rings (SSSR count). The van der Waals surface area contributed by atoms with Gasteiger partial charge in [0.05, 0.1) is 12.2 Å². The van der Waals surface area contributed by atoms with Crippen LogP contribution in [0.4, 0.5) is 0 Å². The number of benzene rings is 1. The van der Waals surface area contributed by atoms with Gasteiger partial charge in [0.2, 0.25) is 0 Å². The van der Waals surface area contributed by atoms with Gasteiger partial charge in [-0.1, -0.05) is 23.7 Å². The Hall–Kier alpha value is -0.900. The molecule has 2 saturated heterocycles. The van der Waals surface area contributed by atoms with E-state index in [9.17, 15) is 4.79 Å². The van der Waals surface area contributed by atoms with Gasteiger partial charge in [-0.05, 0) is 30.5 Å². The zero-order valence-corrected chi connectivity index (χ0v) is 12.2. The molecule has 2 atom stereocenters. The van der Waals surface area contributed by atoms with E-state index in [1.165, 1.54) is 0 Å². The number of ketones is 1. The van der Waals surface area contributed by atoms with Gasteiger partial charge in [0.25, 0.3) is 0 Å². The summed E-state index contributed by atoms with van der Waals surface area (Å²) in [5, 5.41) is 0.683. The summed E-state index contributed by atoms with van der Waals surface area (Å²) in [5.74, 6) is 0.381. The third kappa shape index (κ3) is 3.05. The molecule has 0 aromatic heterocycles. The minimum Gasteiger partial charge on any atom is -0.378 e. The molecule has 0 bridgehead atoms. The van der Waals surface area contributed by atoms with Crippen LogP contribution in [0.25, 0.3) is 0 Å². The van der Waals surface area contributed by atoms with Crippen molar-refractivity contribution in [1.29, 1.82) is 0 Å². The Morgan fingerprint density at radius 2 is 2.30 bits per heavy atom. The summed E-state index contributed by atoms with van der Waals surface area (Å²) in [6.07, 6.45) is 2.99. The van der Waals surface area contributed by atoms with Crippen molar-refractivity contribution in [3.05, 3.63) is 34.9 Å². The van der Waals surface area contributed by atoms with Crippen LogP contribution in [-0.4, -0.2) is 31.2 Å². The molecule has 0 aliphatic carbocycles. The van der Waals surface area contributed by atoms with E-state index >= 15 is 0 Å². The Balaban J connectivity index is 1.65. The number of ether oxygens (including phenoxy) is 2. The van der Waals surface area contributed by atoms with E-state index in [4.69, 9.17) is 21.1 Å². The summed E-state index contributed by atoms with van der Waals surface area (Å²) < 4.78 is 11.3. The Morgan fingerprint density at radius 3 is 3.05 bits per heavy atom. The fourth-order valence-electron chi connectivity index (χ4n) is 3.16. The third-order valence-corrected chi connectivity index (χ3v) is 4.52. The number of hydrogen-bond acceptors (Lipinski definition) is 3. The molecule has 2 aliphatic rings. The summed E-state index contributed by atoms with van der Waals surface area (Å²) >= 11 is 5.96. The zero-order valence-electron chi connectivity index (χ0n) is 11.4. The van der Waals surface area contributed by atoms with E-state index < -0.39 is 0 Å². The molecule has 2 fully saturated rings. The van der Waals surface area contributed by atoms with Crippen molar-refractivity contribution >= 4 is 17.4 Å². The van der Waals surface area contributed by atoms with Crippen LogP contribution in [0.3, 0.4) is 0 Å². The smallest absolute Gasteiger partial charge is 0.140 e. The van der Waals surface area contributed by atoms with Crippen LogP contribution in [0.15, 0.2) is 24.3 Å². The molecule has 2 aliphatic heterocycles. The first-order valence-corrected chi connectivity index (χ1v) is 7.54. The lowest BCUT2D eigenvalue weighted by Crippen LogP contribution is -2.42. The second-order valence-electron chi connectivity index (χ2n) is 5.80. The minimum atomic E-state index is -0.201. The lowest BCUT2D eigenvalue weighted by atomic mass is 9.81. The van der Waals surface area contributed by atoms with Gasteiger partial charge >= 0.3 is 0 Å². The standard InChI is InChI=1S/C16H19ClO3/c17-14-3-1-2-12(8-14)9-15(18)13-4-6-20-16(10-13)5-7-19-11-16/h1-3,8,13H,4-7,9-11H2. The van der Waals surface area contributed by atoms with E-state index in [-0.39, 0.29) is 11.5 Å². The first-order valence-electron chi connectivity index (χ1n) is 7.16. The number of carbonyl (C=O) groups excluding carboxylic acids is 1. The van der Waals surface area contributed by atoms with Crippen LogP contribution in [0, 0.1) is 5.92 Å². The molecule has 1 spiro atoms. The van der Waals surface area contributed by atoms with Gasteiger partial charge in [0, 0.05) is 37.0 Å². The molecule has 20 heavy (non-hydrogen) atoms. The zero-order chi connectivity index (χ0) is 14.0. The van der Waals surface area contributed by atoms with Gasteiger partial charge in [-0.3, -0.25) is 4.79 Å². The van der Waals surface area contributed by atoms with Crippen molar-refractivity contribution in [3.8, 4) is 0 Å². The molecule has 4 heteroatoms. The number of carbonyl (C=O) groups is 1. The lowest BCUT2D eigenvalue weighted by molar-refractivity contribution is -0.136. The second kappa shape index (κ2) is 5.84. The van der Waals surface area contributed by atoms with Gasteiger partial charge in [0.1, 0.15) is 5.78 Å². The van der Waals surface area contributed by atoms with E-state index in [0.29, 0.717) is 30.4 Å². The maximum atomic E-state index is 12.5. The molecule has 0 amide bonds. The Morgan fingerprint density at radius 1 is 1.40 bits per heavy atom. The predicted molar refractivity (Wildman–Crippen MR) is 77.0 cm³/mol. The highest BCUT2D eigenvalue weighted by Crippen LogP contribution is 2.36. The SMILES string of the molecule is O=C(Cc1cccc(Cl)c1)C1CCOC2(CCOC2)C1. The normalized spacial score (nSPS) is 29.8. The number of rotatable bonds is 3. The highest BCUT2D eigenvalue weighted by atomic mass is 35.5. The topological polar surface area (TPSA) is 35.5 Å². The van der Waals surface area contributed by atoms with E-state index in [1.54, 1.807) is 0 Å². The quantitative estimate of drug-likeness (QED) is 0.859. The molecule has 108 valence electrons. The van der Waals surface area contributed by atoms with Crippen molar-refractivity contribution in [3.63, 3.8) is 0 Å². The number of halogens is 1. The first-order chi connectivity index (χ1) is 9.67. The summed E-state index contributed by atoms with van der Waals surface area (Å²) in [7, 11) is 0. The van der Waals surface area contributed by atoms with Gasteiger partial charge in [-0.2, -0.15) is 0 Å².